The van der Waals surface area contributed by atoms with Gasteiger partial charge in [0.05, 0.1) is 6.67 Å². The van der Waals surface area contributed by atoms with Crippen molar-refractivity contribution < 1.29 is 5.11 Å². The van der Waals surface area contributed by atoms with E-state index in [4.69, 9.17) is 12.2 Å². The van der Waals surface area contributed by atoms with Crippen molar-refractivity contribution in [1.82, 2.24) is 19.2 Å². The quantitative estimate of drug-likeness (QED) is 0.787. The third-order valence-electron chi connectivity index (χ3n) is 4.69. The molecule has 0 spiro atoms. The van der Waals surface area contributed by atoms with Crippen LogP contribution in [0.4, 0.5) is 0 Å². The van der Waals surface area contributed by atoms with Crippen LogP contribution in [0.5, 0.6) is 0 Å². The lowest BCUT2D eigenvalue weighted by Gasteiger charge is -2.28. The lowest BCUT2D eigenvalue weighted by molar-refractivity contribution is 0.133. The van der Waals surface area contributed by atoms with Gasteiger partial charge in [0.2, 0.25) is 0 Å². The SMILES string of the molecule is CCCn1c(CO)nn(CN(C2CCCC2)C2CC2)c1=S. The molecule has 2 fully saturated rings. The molecule has 3 rings (SSSR count). The van der Waals surface area contributed by atoms with Gasteiger partial charge in [0, 0.05) is 18.6 Å². The fourth-order valence-electron chi connectivity index (χ4n) is 3.47. The van der Waals surface area contributed by atoms with Gasteiger partial charge in [-0.25, -0.2) is 4.68 Å². The maximum absolute atomic E-state index is 9.49. The van der Waals surface area contributed by atoms with E-state index < -0.39 is 0 Å². The van der Waals surface area contributed by atoms with Crippen molar-refractivity contribution in [1.29, 1.82) is 0 Å². The van der Waals surface area contributed by atoms with E-state index in [1.165, 1.54) is 38.5 Å². The van der Waals surface area contributed by atoms with Gasteiger partial charge in [0.1, 0.15) is 6.61 Å². The molecule has 1 N–H and O–H groups in total. The second-order valence-corrected chi connectivity index (χ2v) is 6.70. The summed E-state index contributed by atoms with van der Waals surface area (Å²) in [6, 6.07) is 1.43. The first-order chi connectivity index (χ1) is 10.2. The first-order valence-corrected chi connectivity index (χ1v) is 8.68. The Morgan fingerprint density at radius 3 is 2.48 bits per heavy atom. The summed E-state index contributed by atoms with van der Waals surface area (Å²) in [7, 11) is 0. The Labute approximate surface area is 131 Å². The molecule has 2 aliphatic rings. The first-order valence-electron chi connectivity index (χ1n) is 8.27. The predicted molar refractivity (Wildman–Crippen MR) is 84.4 cm³/mol. The Morgan fingerprint density at radius 2 is 1.90 bits per heavy atom. The van der Waals surface area contributed by atoms with Crippen LogP contribution in [0.3, 0.4) is 0 Å². The molecule has 1 aromatic heterocycles. The molecular formula is C15H26N4OS. The summed E-state index contributed by atoms with van der Waals surface area (Å²) in [5.74, 6) is 0.698. The van der Waals surface area contributed by atoms with Gasteiger partial charge in [-0.1, -0.05) is 19.8 Å². The smallest absolute Gasteiger partial charge is 0.199 e. The predicted octanol–water partition coefficient (Wildman–Crippen LogP) is 2.68. The summed E-state index contributed by atoms with van der Waals surface area (Å²) in [4.78, 5) is 2.60. The summed E-state index contributed by atoms with van der Waals surface area (Å²) in [6.45, 7) is 3.71. The molecule has 0 aliphatic heterocycles. The maximum atomic E-state index is 9.49. The standard InChI is InChI=1S/C15H26N4OS/c1-2-9-17-14(10-20)16-19(15(17)21)11-18(13-7-8-13)12-5-3-4-6-12/h12-13,20H,2-11H2,1H3. The molecule has 118 valence electrons. The molecular weight excluding hydrogens is 284 g/mol. The van der Waals surface area contributed by atoms with Crippen LogP contribution >= 0.6 is 12.2 Å². The van der Waals surface area contributed by atoms with Crippen molar-refractivity contribution in [2.24, 2.45) is 0 Å². The highest BCUT2D eigenvalue weighted by molar-refractivity contribution is 7.71. The van der Waals surface area contributed by atoms with Gasteiger partial charge in [-0.15, -0.1) is 0 Å². The molecule has 0 saturated heterocycles. The van der Waals surface area contributed by atoms with E-state index in [2.05, 4.69) is 16.9 Å². The maximum Gasteiger partial charge on any atom is 0.199 e. The van der Waals surface area contributed by atoms with E-state index in [0.717, 1.165) is 30.4 Å². The molecule has 0 aromatic carbocycles. The number of hydrogen-bond donors (Lipinski definition) is 1. The van der Waals surface area contributed by atoms with Crippen LogP contribution in [0.2, 0.25) is 0 Å². The van der Waals surface area contributed by atoms with Crippen molar-refractivity contribution in [2.45, 2.75) is 83.8 Å². The number of aliphatic hydroxyl groups excluding tert-OH is 1. The molecule has 1 heterocycles. The minimum Gasteiger partial charge on any atom is -0.388 e. The van der Waals surface area contributed by atoms with Gasteiger partial charge < -0.3 is 9.67 Å². The fraction of sp³-hybridized carbons (Fsp3) is 0.867. The van der Waals surface area contributed by atoms with E-state index >= 15 is 0 Å². The zero-order chi connectivity index (χ0) is 14.8. The monoisotopic (exact) mass is 310 g/mol. The summed E-state index contributed by atoms with van der Waals surface area (Å²) >= 11 is 5.57. The van der Waals surface area contributed by atoms with Crippen molar-refractivity contribution in [2.75, 3.05) is 0 Å². The lowest BCUT2D eigenvalue weighted by atomic mass is 10.2. The number of nitrogens with zero attached hydrogens (tertiary/aromatic N) is 4. The van der Waals surface area contributed by atoms with Gasteiger partial charge in [0.25, 0.3) is 0 Å². The Kier molecular flexibility index (Phi) is 4.76. The van der Waals surface area contributed by atoms with Crippen LogP contribution in [0.1, 0.15) is 57.7 Å². The van der Waals surface area contributed by atoms with E-state index in [-0.39, 0.29) is 6.61 Å². The molecule has 6 heteroatoms. The van der Waals surface area contributed by atoms with Crippen LogP contribution in [0.25, 0.3) is 0 Å². The van der Waals surface area contributed by atoms with E-state index in [1.54, 1.807) is 0 Å². The topological polar surface area (TPSA) is 46.2 Å². The molecule has 1 aromatic rings. The third-order valence-corrected chi connectivity index (χ3v) is 5.13. The van der Waals surface area contributed by atoms with Crippen molar-refractivity contribution in [3.63, 3.8) is 0 Å². The molecule has 0 radical (unpaired) electrons. The third kappa shape index (κ3) is 3.22. The summed E-state index contributed by atoms with van der Waals surface area (Å²) in [5.41, 5.74) is 0. The fourth-order valence-corrected chi connectivity index (χ4v) is 3.76. The Bertz CT molecular complexity index is 528. The minimum atomic E-state index is -0.0382. The zero-order valence-electron chi connectivity index (χ0n) is 12.9. The largest absolute Gasteiger partial charge is 0.388 e. The number of aromatic nitrogens is 3. The zero-order valence-corrected chi connectivity index (χ0v) is 13.7. The minimum absolute atomic E-state index is 0.0382. The first kappa shape index (κ1) is 15.2. The highest BCUT2D eigenvalue weighted by Crippen LogP contribution is 2.34. The lowest BCUT2D eigenvalue weighted by Crippen LogP contribution is -2.37. The van der Waals surface area contributed by atoms with Gasteiger partial charge in [0.15, 0.2) is 10.6 Å². The molecule has 5 nitrogen and oxygen atoms in total. The summed E-state index contributed by atoms with van der Waals surface area (Å²) < 4.78 is 4.66. The van der Waals surface area contributed by atoms with Gasteiger partial charge in [-0.2, -0.15) is 5.10 Å². The molecule has 0 unspecified atom stereocenters. The molecule has 0 atom stereocenters. The molecule has 0 bridgehead atoms. The van der Waals surface area contributed by atoms with Crippen LogP contribution in [0, 0.1) is 4.77 Å². The van der Waals surface area contributed by atoms with Crippen molar-refractivity contribution >= 4 is 12.2 Å². The second kappa shape index (κ2) is 6.58. The Balaban J connectivity index is 1.80. The van der Waals surface area contributed by atoms with Crippen LogP contribution < -0.4 is 0 Å². The number of rotatable bonds is 7. The summed E-state index contributed by atoms with van der Waals surface area (Å²) in [5, 5.41) is 14.0. The normalized spacial score (nSPS) is 19.8. The Morgan fingerprint density at radius 1 is 1.24 bits per heavy atom. The summed E-state index contributed by atoms with van der Waals surface area (Å²) in [6.07, 6.45) is 8.95. The van der Waals surface area contributed by atoms with Crippen LogP contribution in [-0.4, -0.2) is 36.4 Å². The average Bonchev–Trinajstić information content (AvgIpc) is 3.10. The van der Waals surface area contributed by atoms with Gasteiger partial charge in [-0.05, 0) is 44.3 Å². The highest BCUT2D eigenvalue weighted by Gasteiger charge is 2.35. The van der Waals surface area contributed by atoms with Crippen LogP contribution in [0.15, 0.2) is 0 Å². The van der Waals surface area contributed by atoms with E-state index in [1.807, 2.05) is 9.25 Å². The molecule has 2 aliphatic carbocycles. The number of aliphatic hydroxyl groups is 1. The second-order valence-electron chi connectivity index (χ2n) is 6.33. The molecule has 0 amide bonds. The van der Waals surface area contributed by atoms with Crippen LogP contribution in [-0.2, 0) is 19.8 Å². The van der Waals surface area contributed by atoms with Crippen molar-refractivity contribution in [3.05, 3.63) is 10.6 Å². The molecule has 21 heavy (non-hydrogen) atoms. The van der Waals surface area contributed by atoms with Gasteiger partial charge >= 0.3 is 0 Å². The van der Waals surface area contributed by atoms with E-state index in [0.29, 0.717) is 11.9 Å². The van der Waals surface area contributed by atoms with E-state index in [9.17, 15) is 5.11 Å². The number of hydrogen-bond acceptors (Lipinski definition) is 4. The van der Waals surface area contributed by atoms with Gasteiger partial charge in [-0.3, -0.25) is 4.90 Å². The Hall–Kier alpha value is -0.720. The highest BCUT2D eigenvalue weighted by atomic mass is 32.1. The van der Waals surface area contributed by atoms with Crippen molar-refractivity contribution in [3.8, 4) is 0 Å². The molecule has 2 saturated carbocycles. The average molecular weight is 310 g/mol.